The molecule has 1 aromatic heterocycles. The van der Waals surface area contributed by atoms with E-state index in [0.29, 0.717) is 11.8 Å². The fourth-order valence-corrected chi connectivity index (χ4v) is 2.87. The van der Waals surface area contributed by atoms with Crippen LogP contribution < -0.4 is 5.32 Å². The summed E-state index contributed by atoms with van der Waals surface area (Å²) in [4.78, 5) is 1.54. The van der Waals surface area contributed by atoms with Crippen molar-refractivity contribution < 1.29 is 0 Å². The van der Waals surface area contributed by atoms with Crippen LogP contribution in [0.5, 0.6) is 0 Å². The number of thiophene rings is 1. The van der Waals surface area contributed by atoms with Crippen LogP contribution in [0.2, 0.25) is 0 Å². The van der Waals surface area contributed by atoms with E-state index in [1.165, 1.54) is 5.56 Å². The average molecular weight is 239 g/mol. The Kier molecular flexibility index (Phi) is 4.57. The molecule has 0 fully saturated rings. The Labute approximate surface area is 104 Å². The molecule has 2 heteroatoms. The maximum atomic E-state index is 3.59. The monoisotopic (exact) mass is 239 g/mol. The van der Waals surface area contributed by atoms with Crippen molar-refractivity contribution in [3.05, 3.63) is 21.9 Å². The van der Waals surface area contributed by atoms with Gasteiger partial charge in [0.1, 0.15) is 0 Å². The Hall–Kier alpha value is -0.340. The van der Waals surface area contributed by atoms with E-state index in [2.05, 4.69) is 58.3 Å². The second-order valence-electron chi connectivity index (χ2n) is 5.86. The van der Waals surface area contributed by atoms with Gasteiger partial charge in [0, 0.05) is 10.4 Å². The lowest BCUT2D eigenvalue weighted by Crippen LogP contribution is -2.39. The molecule has 0 aromatic carbocycles. The first-order valence-electron chi connectivity index (χ1n) is 6.10. The van der Waals surface area contributed by atoms with Crippen LogP contribution in [0, 0.1) is 12.8 Å². The Morgan fingerprint density at radius 1 is 1.31 bits per heavy atom. The Bertz CT molecular complexity index is 322. The highest BCUT2D eigenvalue weighted by Gasteiger charge is 2.19. The molecule has 0 bridgehead atoms. The summed E-state index contributed by atoms with van der Waals surface area (Å²) in [5.74, 6) is 1.33. The molecule has 2 atom stereocenters. The van der Waals surface area contributed by atoms with Crippen molar-refractivity contribution in [2.24, 2.45) is 5.92 Å². The van der Waals surface area contributed by atoms with Crippen LogP contribution in [0.3, 0.4) is 0 Å². The minimum atomic E-state index is 0.221. The van der Waals surface area contributed by atoms with Crippen LogP contribution in [0.25, 0.3) is 0 Å². The minimum absolute atomic E-state index is 0.221. The summed E-state index contributed by atoms with van der Waals surface area (Å²) in [6.45, 7) is 14.6. The zero-order valence-corrected chi connectivity index (χ0v) is 12.2. The normalized spacial score (nSPS) is 16.1. The number of aryl methyl sites for hydroxylation is 1. The number of rotatable bonds is 4. The highest BCUT2D eigenvalue weighted by Crippen LogP contribution is 2.30. The van der Waals surface area contributed by atoms with Gasteiger partial charge in [-0.2, -0.15) is 0 Å². The van der Waals surface area contributed by atoms with Gasteiger partial charge in [0.25, 0.3) is 0 Å². The van der Waals surface area contributed by atoms with Crippen molar-refractivity contribution in [1.29, 1.82) is 0 Å². The molecular weight excluding hydrogens is 214 g/mol. The number of nitrogens with one attached hydrogen (secondary N) is 1. The molecule has 0 spiro atoms. The molecule has 1 rings (SSSR count). The van der Waals surface area contributed by atoms with Gasteiger partial charge in [0.05, 0.1) is 0 Å². The van der Waals surface area contributed by atoms with E-state index in [0.717, 1.165) is 6.54 Å². The predicted molar refractivity (Wildman–Crippen MR) is 74.4 cm³/mol. The zero-order valence-electron chi connectivity index (χ0n) is 11.4. The van der Waals surface area contributed by atoms with Gasteiger partial charge in [0.2, 0.25) is 0 Å². The number of hydrogen-bond donors (Lipinski definition) is 1. The second-order valence-corrected chi connectivity index (χ2v) is 6.81. The molecule has 1 nitrogen and oxygen atoms in total. The molecule has 0 amide bonds. The standard InChI is InChI=1S/C14H25NS/c1-10-7-8-16-13(10)12(3)11(2)9-15-14(4,5)6/h7-8,11-12,15H,9H2,1-6H3. The van der Waals surface area contributed by atoms with Crippen LogP contribution in [-0.4, -0.2) is 12.1 Å². The van der Waals surface area contributed by atoms with E-state index in [9.17, 15) is 0 Å². The quantitative estimate of drug-likeness (QED) is 0.831. The third-order valence-electron chi connectivity index (χ3n) is 3.12. The van der Waals surface area contributed by atoms with E-state index in [-0.39, 0.29) is 5.54 Å². The van der Waals surface area contributed by atoms with Gasteiger partial charge in [-0.3, -0.25) is 0 Å². The first-order valence-corrected chi connectivity index (χ1v) is 6.98. The van der Waals surface area contributed by atoms with E-state index in [1.54, 1.807) is 4.88 Å². The molecule has 0 aliphatic carbocycles. The van der Waals surface area contributed by atoms with E-state index in [4.69, 9.17) is 0 Å². The van der Waals surface area contributed by atoms with Crippen LogP contribution in [0.4, 0.5) is 0 Å². The van der Waals surface area contributed by atoms with Gasteiger partial charge in [-0.25, -0.2) is 0 Å². The van der Waals surface area contributed by atoms with Crippen LogP contribution in [0.15, 0.2) is 11.4 Å². The lowest BCUT2D eigenvalue weighted by atomic mass is 9.92. The Balaban J connectivity index is 2.55. The van der Waals surface area contributed by atoms with E-state index in [1.807, 2.05) is 11.3 Å². The summed E-state index contributed by atoms with van der Waals surface area (Å²) in [6, 6.07) is 2.22. The summed E-state index contributed by atoms with van der Waals surface area (Å²) >= 11 is 1.89. The van der Waals surface area contributed by atoms with Gasteiger partial charge < -0.3 is 5.32 Å². The zero-order chi connectivity index (χ0) is 12.3. The maximum absolute atomic E-state index is 3.59. The van der Waals surface area contributed by atoms with E-state index < -0.39 is 0 Å². The molecule has 0 aliphatic heterocycles. The van der Waals surface area contributed by atoms with Crippen molar-refractivity contribution in [2.45, 2.75) is 53.0 Å². The third-order valence-corrected chi connectivity index (χ3v) is 4.34. The first-order chi connectivity index (χ1) is 7.31. The average Bonchev–Trinajstić information content (AvgIpc) is 2.58. The van der Waals surface area contributed by atoms with Gasteiger partial charge in [0.15, 0.2) is 0 Å². The highest BCUT2D eigenvalue weighted by atomic mass is 32.1. The van der Waals surface area contributed by atoms with Crippen LogP contribution >= 0.6 is 11.3 Å². The lowest BCUT2D eigenvalue weighted by Gasteiger charge is -2.26. The predicted octanol–water partition coefficient (Wildman–Crippen LogP) is 4.18. The number of hydrogen-bond acceptors (Lipinski definition) is 2. The molecule has 0 saturated carbocycles. The second kappa shape index (κ2) is 5.33. The Morgan fingerprint density at radius 3 is 2.38 bits per heavy atom. The fraction of sp³-hybridized carbons (Fsp3) is 0.714. The molecular formula is C14H25NS. The highest BCUT2D eigenvalue weighted by molar-refractivity contribution is 7.10. The van der Waals surface area contributed by atoms with Crippen molar-refractivity contribution >= 4 is 11.3 Å². The van der Waals surface area contributed by atoms with Gasteiger partial charge in [-0.1, -0.05) is 13.8 Å². The van der Waals surface area contributed by atoms with Crippen molar-refractivity contribution in [3.8, 4) is 0 Å². The van der Waals surface area contributed by atoms with Crippen molar-refractivity contribution in [1.82, 2.24) is 5.32 Å². The molecule has 0 saturated heterocycles. The Morgan fingerprint density at radius 2 is 1.94 bits per heavy atom. The summed E-state index contributed by atoms with van der Waals surface area (Å²) in [6.07, 6.45) is 0. The van der Waals surface area contributed by atoms with Crippen LogP contribution in [0.1, 0.15) is 51.0 Å². The molecule has 1 aromatic rings. The fourth-order valence-electron chi connectivity index (χ4n) is 1.75. The SMILES string of the molecule is Cc1ccsc1C(C)C(C)CNC(C)(C)C. The summed E-state index contributed by atoms with van der Waals surface area (Å²) in [5, 5.41) is 5.79. The molecule has 1 N–H and O–H groups in total. The molecule has 92 valence electrons. The minimum Gasteiger partial charge on any atom is -0.312 e. The van der Waals surface area contributed by atoms with Crippen LogP contribution in [-0.2, 0) is 0 Å². The van der Waals surface area contributed by atoms with Crippen molar-refractivity contribution in [2.75, 3.05) is 6.54 Å². The van der Waals surface area contributed by atoms with E-state index >= 15 is 0 Å². The first kappa shape index (κ1) is 13.7. The summed E-state index contributed by atoms with van der Waals surface area (Å²) in [7, 11) is 0. The smallest absolute Gasteiger partial charge is 0.0106 e. The summed E-state index contributed by atoms with van der Waals surface area (Å²) < 4.78 is 0. The largest absolute Gasteiger partial charge is 0.312 e. The van der Waals surface area contributed by atoms with Gasteiger partial charge in [-0.05, 0) is 63.1 Å². The molecule has 16 heavy (non-hydrogen) atoms. The maximum Gasteiger partial charge on any atom is 0.0106 e. The molecule has 0 radical (unpaired) electrons. The van der Waals surface area contributed by atoms with Gasteiger partial charge in [-0.15, -0.1) is 11.3 Å². The molecule has 2 unspecified atom stereocenters. The van der Waals surface area contributed by atoms with Crippen molar-refractivity contribution in [3.63, 3.8) is 0 Å². The topological polar surface area (TPSA) is 12.0 Å². The molecule has 1 heterocycles. The summed E-state index contributed by atoms with van der Waals surface area (Å²) in [5.41, 5.74) is 1.67. The lowest BCUT2D eigenvalue weighted by molar-refractivity contribution is 0.360. The third kappa shape index (κ3) is 3.91. The molecule has 0 aliphatic rings. The van der Waals surface area contributed by atoms with Gasteiger partial charge >= 0.3 is 0 Å².